The number of pyridine rings is 2. The van der Waals surface area contributed by atoms with Crippen LogP contribution in [-0.4, -0.2) is 58.9 Å². The number of carbonyl (C=O) groups is 1. The monoisotopic (exact) mass is 570 g/mol. The number of fused-ring (bicyclic) bond motifs is 3. The highest BCUT2D eigenvalue weighted by atomic mass is 35.5. The number of anilines is 1. The number of nitrogens with two attached hydrogens (primary N) is 1. The van der Waals surface area contributed by atoms with Crippen molar-refractivity contribution < 1.29 is 19.0 Å². The van der Waals surface area contributed by atoms with E-state index in [0.717, 1.165) is 0 Å². The first-order valence-corrected chi connectivity index (χ1v) is 12.6. The molecule has 1 aliphatic heterocycles. The molecule has 1 saturated heterocycles. The fraction of sp³-hybridized carbons (Fsp3) is 0.269. The molecule has 0 spiro atoms. The minimum atomic E-state index is -0.572. The third-order valence-electron chi connectivity index (χ3n) is 6.68. The van der Waals surface area contributed by atoms with E-state index in [1.165, 1.54) is 31.0 Å². The molecule has 3 aromatic heterocycles. The smallest absolute Gasteiger partial charge is 0.267 e. The summed E-state index contributed by atoms with van der Waals surface area (Å²) in [5.74, 6) is -0.0589. The van der Waals surface area contributed by atoms with Gasteiger partial charge in [-0.05, 0) is 18.6 Å². The van der Waals surface area contributed by atoms with Gasteiger partial charge in [-0.15, -0.1) is 0 Å². The summed E-state index contributed by atoms with van der Waals surface area (Å²) in [6.07, 6.45) is 3.52. The quantitative estimate of drug-likeness (QED) is 0.252. The molecule has 1 aromatic carbocycles. The van der Waals surface area contributed by atoms with E-state index in [2.05, 4.69) is 26.8 Å². The van der Waals surface area contributed by atoms with Gasteiger partial charge in [0, 0.05) is 41.9 Å². The number of nitrogens with zero attached hydrogens (tertiary/aromatic N) is 4. The number of methoxy groups -OCH3 is 2. The molecule has 202 valence electrons. The third-order valence-corrected chi connectivity index (χ3v) is 7.42. The Balaban J connectivity index is 1.69. The van der Waals surface area contributed by atoms with Crippen molar-refractivity contribution in [3.8, 4) is 17.2 Å². The van der Waals surface area contributed by atoms with Crippen LogP contribution >= 0.6 is 23.2 Å². The number of rotatable bonds is 7. The summed E-state index contributed by atoms with van der Waals surface area (Å²) in [7, 11) is 2.89. The largest absolute Gasteiger partial charge is 0.495 e. The molecule has 1 amide bonds. The second-order valence-corrected chi connectivity index (χ2v) is 9.60. The Morgan fingerprint density at radius 3 is 2.59 bits per heavy atom. The van der Waals surface area contributed by atoms with Crippen LogP contribution in [0.2, 0.25) is 10.0 Å². The van der Waals surface area contributed by atoms with Crippen LogP contribution in [0.5, 0.6) is 11.5 Å². The van der Waals surface area contributed by atoms with Crippen LogP contribution < -0.4 is 26.1 Å². The van der Waals surface area contributed by atoms with Gasteiger partial charge in [0.15, 0.2) is 0 Å². The van der Waals surface area contributed by atoms with Crippen LogP contribution in [0.4, 0.5) is 5.95 Å². The molecule has 39 heavy (non-hydrogen) atoms. The van der Waals surface area contributed by atoms with Crippen molar-refractivity contribution >= 4 is 57.0 Å². The molecule has 0 aliphatic carbocycles. The van der Waals surface area contributed by atoms with Crippen molar-refractivity contribution in [2.24, 2.45) is 11.7 Å². The summed E-state index contributed by atoms with van der Waals surface area (Å²) in [4.78, 5) is 39.2. The maximum atomic E-state index is 13.9. The zero-order chi connectivity index (χ0) is 27.8. The Bertz CT molecular complexity index is 1660. The summed E-state index contributed by atoms with van der Waals surface area (Å²) in [6, 6.07) is 4.69. The number of nitrogens with one attached hydrogen (secondary N) is 1. The molecule has 13 heteroatoms. The lowest BCUT2D eigenvalue weighted by Crippen LogP contribution is -2.42. The fourth-order valence-electron chi connectivity index (χ4n) is 4.71. The Kier molecular flexibility index (Phi) is 7.30. The van der Waals surface area contributed by atoms with Gasteiger partial charge in [0.05, 0.1) is 43.5 Å². The van der Waals surface area contributed by atoms with Gasteiger partial charge in [-0.2, -0.15) is 0 Å². The Labute approximate surface area is 232 Å². The first kappa shape index (κ1) is 26.7. The lowest BCUT2D eigenvalue weighted by atomic mass is 9.88. The molecular weight excluding hydrogens is 547 g/mol. The van der Waals surface area contributed by atoms with Crippen molar-refractivity contribution in [1.29, 1.82) is 0 Å². The molecule has 5 rings (SSSR count). The van der Waals surface area contributed by atoms with Crippen LogP contribution in [0.3, 0.4) is 0 Å². The van der Waals surface area contributed by atoms with Gasteiger partial charge in [0.1, 0.15) is 27.2 Å². The number of hydrogen-bond acceptors (Lipinski definition) is 9. The average molecular weight is 571 g/mol. The number of carbonyl (C=O) groups excluding carboxylic acids is 1. The SMILES string of the molecule is C=C(C(N)=O)[C@@H]1CCOC[C@H]1Nc1ncc2c(=O)n(-c3c(Cl)c(OC)cc(OC)c3Cl)c3ncccc3c2n1. The Hall–Kier alpha value is -3.93. The topological polar surface area (TPSA) is 143 Å². The molecule has 4 heterocycles. The Morgan fingerprint density at radius 1 is 1.21 bits per heavy atom. The van der Waals surface area contributed by atoms with Crippen LogP contribution in [0.15, 0.2) is 47.5 Å². The van der Waals surface area contributed by atoms with Crippen LogP contribution in [0.1, 0.15) is 6.42 Å². The highest BCUT2D eigenvalue weighted by molar-refractivity contribution is 6.39. The molecular formula is C26H24Cl2N6O5. The third kappa shape index (κ3) is 4.62. The second-order valence-electron chi connectivity index (χ2n) is 8.84. The lowest BCUT2D eigenvalue weighted by molar-refractivity contribution is -0.115. The minimum Gasteiger partial charge on any atom is -0.495 e. The van der Waals surface area contributed by atoms with Crippen molar-refractivity contribution in [3.05, 3.63) is 63.1 Å². The second kappa shape index (κ2) is 10.7. The molecule has 1 aliphatic rings. The number of ether oxygens (including phenoxy) is 3. The van der Waals surface area contributed by atoms with Gasteiger partial charge < -0.3 is 25.3 Å². The van der Waals surface area contributed by atoms with E-state index in [1.54, 1.807) is 18.3 Å². The molecule has 0 bridgehead atoms. The summed E-state index contributed by atoms with van der Waals surface area (Å²) < 4.78 is 17.7. The summed E-state index contributed by atoms with van der Waals surface area (Å²) in [5, 5.41) is 4.18. The summed E-state index contributed by atoms with van der Waals surface area (Å²) in [5.41, 5.74) is 6.06. The van der Waals surface area contributed by atoms with Gasteiger partial charge in [-0.25, -0.2) is 15.0 Å². The van der Waals surface area contributed by atoms with Crippen molar-refractivity contribution in [2.75, 3.05) is 32.8 Å². The molecule has 0 radical (unpaired) electrons. The van der Waals surface area contributed by atoms with Crippen molar-refractivity contribution in [1.82, 2.24) is 19.5 Å². The van der Waals surface area contributed by atoms with Gasteiger partial charge in [0.2, 0.25) is 11.9 Å². The molecule has 0 saturated carbocycles. The normalized spacial score (nSPS) is 17.2. The zero-order valence-corrected chi connectivity index (χ0v) is 22.5. The van der Waals surface area contributed by atoms with E-state index in [-0.39, 0.29) is 56.2 Å². The summed E-state index contributed by atoms with van der Waals surface area (Å²) in [6.45, 7) is 4.63. The summed E-state index contributed by atoms with van der Waals surface area (Å²) >= 11 is 13.3. The zero-order valence-electron chi connectivity index (χ0n) is 21.0. The predicted octanol–water partition coefficient (Wildman–Crippen LogP) is 3.51. The Morgan fingerprint density at radius 2 is 1.92 bits per heavy atom. The van der Waals surface area contributed by atoms with E-state index in [4.69, 9.17) is 43.1 Å². The number of amides is 1. The van der Waals surface area contributed by atoms with Crippen LogP contribution in [-0.2, 0) is 9.53 Å². The van der Waals surface area contributed by atoms with E-state index in [9.17, 15) is 9.59 Å². The lowest BCUT2D eigenvalue weighted by Gasteiger charge is -2.32. The molecule has 3 N–H and O–H groups in total. The van der Waals surface area contributed by atoms with Crippen LogP contribution in [0, 0.1) is 5.92 Å². The van der Waals surface area contributed by atoms with E-state index < -0.39 is 11.5 Å². The highest BCUT2D eigenvalue weighted by Gasteiger charge is 2.31. The van der Waals surface area contributed by atoms with E-state index >= 15 is 0 Å². The van der Waals surface area contributed by atoms with Crippen LogP contribution in [0.25, 0.3) is 27.6 Å². The van der Waals surface area contributed by atoms with Gasteiger partial charge in [0.25, 0.3) is 5.56 Å². The van der Waals surface area contributed by atoms with Crippen molar-refractivity contribution in [2.45, 2.75) is 12.5 Å². The number of benzene rings is 1. The maximum Gasteiger partial charge on any atom is 0.267 e. The number of aromatic nitrogens is 4. The van der Waals surface area contributed by atoms with Gasteiger partial charge >= 0.3 is 0 Å². The molecule has 4 aromatic rings. The number of halogens is 2. The standard InChI is InChI=1S/C26H24Cl2N6O5/c1-12(23(29)35)13-6-8-39-11-16(13)32-26-31-10-15-21(33-26)14-5-4-7-30-24(14)34(25(15)36)22-19(27)17(37-2)9-18(38-3)20(22)28/h4-5,7,9-10,13,16H,1,6,8,11H2,2-3H3,(H2,29,35)(H,31,32,33)/t13-,16+/m0/s1. The molecule has 0 unspecified atom stereocenters. The maximum absolute atomic E-state index is 13.9. The first-order chi connectivity index (χ1) is 18.8. The highest BCUT2D eigenvalue weighted by Crippen LogP contribution is 2.43. The minimum absolute atomic E-state index is 0.105. The van der Waals surface area contributed by atoms with Gasteiger partial charge in [-0.1, -0.05) is 29.8 Å². The van der Waals surface area contributed by atoms with Gasteiger partial charge in [-0.3, -0.25) is 14.2 Å². The molecule has 11 nitrogen and oxygen atoms in total. The fourth-order valence-corrected chi connectivity index (χ4v) is 5.38. The predicted molar refractivity (Wildman–Crippen MR) is 148 cm³/mol. The first-order valence-electron chi connectivity index (χ1n) is 11.9. The average Bonchev–Trinajstić information content (AvgIpc) is 2.94. The number of hydrogen-bond donors (Lipinski definition) is 2. The van der Waals surface area contributed by atoms with Crippen molar-refractivity contribution in [3.63, 3.8) is 0 Å². The van der Waals surface area contributed by atoms with E-state index in [0.29, 0.717) is 36.1 Å². The van der Waals surface area contributed by atoms with E-state index in [1.807, 2.05) is 0 Å². The molecule has 2 atom stereocenters. The molecule has 1 fully saturated rings. The number of primary amides is 1.